The molecule has 0 unspecified atom stereocenters. The Bertz CT molecular complexity index is 487. The Balaban J connectivity index is 2.47. The van der Waals surface area contributed by atoms with Crippen molar-refractivity contribution in [1.82, 2.24) is 0 Å². The van der Waals surface area contributed by atoms with Gasteiger partial charge in [-0.05, 0) is 19.1 Å². The van der Waals surface area contributed by atoms with Gasteiger partial charge in [0.2, 0.25) is 5.75 Å². The first-order valence-corrected chi connectivity index (χ1v) is 5.12. The van der Waals surface area contributed by atoms with Crippen LogP contribution in [0.1, 0.15) is 17.3 Å². The number of hydrogen-bond donors (Lipinski definition) is 0. The number of hydrogen-bond acceptors (Lipinski definition) is 5. The highest BCUT2D eigenvalue weighted by Crippen LogP contribution is 2.49. The maximum Gasteiger partial charge on any atom is 0.586 e. The van der Waals surface area contributed by atoms with Crippen molar-refractivity contribution in [3.63, 3.8) is 0 Å². The maximum atomic E-state index is 13.0. The third-order valence-corrected chi connectivity index (χ3v) is 2.23. The van der Waals surface area contributed by atoms with Gasteiger partial charge in [0.1, 0.15) is 5.56 Å². The van der Waals surface area contributed by atoms with Crippen LogP contribution in [0, 0.1) is 0 Å². The van der Waals surface area contributed by atoms with E-state index >= 15 is 0 Å². The molecule has 0 fully saturated rings. The lowest BCUT2D eigenvalue weighted by molar-refractivity contribution is -0.287. The van der Waals surface area contributed by atoms with Crippen molar-refractivity contribution in [2.45, 2.75) is 13.2 Å². The average molecular weight is 260 g/mol. The number of esters is 1. The van der Waals surface area contributed by atoms with Gasteiger partial charge in [0.05, 0.1) is 13.7 Å². The monoisotopic (exact) mass is 260 g/mol. The summed E-state index contributed by atoms with van der Waals surface area (Å²) in [6.45, 7) is 1.73. The molecule has 0 amide bonds. The topological polar surface area (TPSA) is 54.0 Å². The second-order valence-corrected chi connectivity index (χ2v) is 3.36. The number of ether oxygens (including phenoxy) is 4. The second kappa shape index (κ2) is 4.32. The Morgan fingerprint density at radius 2 is 2.00 bits per heavy atom. The van der Waals surface area contributed by atoms with E-state index in [9.17, 15) is 13.6 Å². The van der Waals surface area contributed by atoms with Crippen LogP contribution in [0.25, 0.3) is 0 Å². The zero-order chi connectivity index (χ0) is 13.3. The summed E-state index contributed by atoms with van der Waals surface area (Å²) in [5.74, 6) is -1.40. The van der Waals surface area contributed by atoms with Crippen molar-refractivity contribution in [2.75, 3.05) is 13.7 Å². The zero-order valence-corrected chi connectivity index (χ0v) is 9.66. The van der Waals surface area contributed by atoms with E-state index in [1.807, 2.05) is 0 Å². The molecule has 0 saturated carbocycles. The first-order valence-electron chi connectivity index (χ1n) is 5.12. The molecule has 2 rings (SSSR count). The summed E-state index contributed by atoms with van der Waals surface area (Å²) in [7, 11) is 1.29. The van der Waals surface area contributed by atoms with Crippen molar-refractivity contribution < 1.29 is 32.5 Å². The van der Waals surface area contributed by atoms with E-state index in [2.05, 4.69) is 9.47 Å². The summed E-state index contributed by atoms with van der Waals surface area (Å²) >= 11 is 0. The van der Waals surface area contributed by atoms with Gasteiger partial charge in [0.15, 0.2) is 11.5 Å². The normalized spacial score (nSPS) is 15.3. The van der Waals surface area contributed by atoms with Gasteiger partial charge in [-0.25, -0.2) is 4.79 Å². The lowest BCUT2D eigenvalue weighted by atomic mass is 10.1. The summed E-state index contributed by atoms with van der Waals surface area (Å²) in [6, 6.07) is 2.61. The van der Waals surface area contributed by atoms with Gasteiger partial charge in [-0.1, -0.05) is 0 Å². The fourth-order valence-electron chi connectivity index (χ4n) is 1.53. The van der Waals surface area contributed by atoms with Gasteiger partial charge >= 0.3 is 12.3 Å². The zero-order valence-electron chi connectivity index (χ0n) is 9.66. The quantitative estimate of drug-likeness (QED) is 0.780. The largest absolute Gasteiger partial charge is 0.586 e. The van der Waals surface area contributed by atoms with Crippen molar-refractivity contribution in [1.29, 1.82) is 0 Å². The highest BCUT2D eigenvalue weighted by atomic mass is 19.3. The summed E-state index contributed by atoms with van der Waals surface area (Å²) in [6.07, 6.45) is -3.82. The first kappa shape index (κ1) is 12.4. The number of carbonyl (C=O) groups is 1. The first-order chi connectivity index (χ1) is 8.48. The molecular formula is C11H10F2O5. The highest BCUT2D eigenvalue weighted by molar-refractivity contribution is 5.94. The highest BCUT2D eigenvalue weighted by Gasteiger charge is 2.47. The number of alkyl halides is 2. The smallest absolute Gasteiger partial charge is 0.493 e. The summed E-state index contributed by atoms with van der Waals surface area (Å²) in [5, 5.41) is 0. The van der Waals surface area contributed by atoms with E-state index in [0.29, 0.717) is 0 Å². The van der Waals surface area contributed by atoms with Gasteiger partial charge in [0.25, 0.3) is 0 Å². The van der Waals surface area contributed by atoms with Crippen LogP contribution in [0.2, 0.25) is 0 Å². The molecule has 0 aromatic heterocycles. The third-order valence-electron chi connectivity index (χ3n) is 2.23. The van der Waals surface area contributed by atoms with E-state index in [1.54, 1.807) is 6.92 Å². The van der Waals surface area contributed by atoms with E-state index < -0.39 is 12.3 Å². The third kappa shape index (κ3) is 2.03. The van der Waals surface area contributed by atoms with Crippen LogP contribution >= 0.6 is 0 Å². The SMILES string of the molecule is CCOC(=O)c1ccc(OC)c2c1OC(F)(F)O2. The summed E-state index contributed by atoms with van der Waals surface area (Å²) in [4.78, 5) is 11.6. The second-order valence-electron chi connectivity index (χ2n) is 3.36. The number of halogens is 2. The van der Waals surface area contributed by atoms with Crippen molar-refractivity contribution in [3.05, 3.63) is 17.7 Å². The van der Waals surface area contributed by atoms with E-state index in [-0.39, 0.29) is 29.4 Å². The van der Waals surface area contributed by atoms with Crippen LogP contribution in [-0.2, 0) is 4.74 Å². The van der Waals surface area contributed by atoms with Gasteiger partial charge < -0.3 is 18.9 Å². The maximum absolute atomic E-state index is 13.0. The fourth-order valence-corrected chi connectivity index (χ4v) is 1.53. The van der Waals surface area contributed by atoms with Crippen LogP contribution in [0.15, 0.2) is 12.1 Å². The molecule has 0 N–H and O–H groups in total. The van der Waals surface area contributed by atoms with E-state index in [0.717, 1.165) is 0 Å². The summed E-state index contributed by atoms with van der Waals surface area (Å²) < 4.78 is 44.2. The van der Waals surface area contributed by atoms with Gasteiger partial charge in [-0.2, -0.15) is 0 Å². The van der Waals surface area contributed by atoms with Gasteiger partial charge in [0, 0.05) is 0 Å². The average Bonchev–Trinajstić information content (AvgIpc) is 2.62. The van der Waals surface area contributed by atoms with Crippen LogP contribution in [0.5, 0.6) is 17.2 Å². The van der Waals surface area contributed by atoms with Crippen LogP contribution in [-0.4, -0.2) is 26.0 Å². The molecule has 18 heavy (non-hydrogen) atoms. The van der Waals surface area contributed by atoms with Crippen molar-refractivity contribution in [3.8, 4) is 17.2 Å². The minimum Gasteiger partial charge on any atom is -0.493 e. The molecule has 5 nitrogen and oxygen atoms in total. The molecule has 98 valence electrons. The predicted octanol–water partition coefficient (Wildman–Crippen LogP) is 2.19. The molecule has 1 aliphatic rings. The Morgan fingerprint density at radius 3 is 2.61 bits per heavy atom. The molecule has 0 atom stereocenters. The minimum atomic E-state index is -3.82. The molecule has 1 heterocycles. The molecule has 0 saturated heterocycles. The fraction of sp³-hybridized carbons (Fsp3) is 0.364. The molecule has 1 aromatic rings. The van der Waals surface area contributed by atoms with Crippen molar-refractivity contribution >= 4 is 5.97 Å². The Kier molecular flexibility index (Phi) is 2.98. The molecule has 1 aromatic carbocycles. The molecule has 0 aliphatic carbocycles. The van der Waals surface area contributed by atoms with Crippen LogP contribution in [0.3, 0.4) is 0 Å². The number of fused-ring (bicyclic) bond motifs is 1. The van der Waals surface area contributed by atoms with E-state index in [4.69, 9.17) is 9.47 Å². The number of benzene rings is 1. The molecular weight excluding hydrogens is 250 g/mol. The van der Waals surface area contributed by atoms with Gasteiger partial charge in [-0.3, -0.25) is 0 Å². The van der Waals surface area contributed by atoms with E-state index in [1.165, 1.54) is 19.2 Å². The summed E-state index contributed by atoms with van der Waals surface area (Å²) in [5.41, 5.74) is -0.134. The Labute approximate surface area is 101 Å². The van der Waals surface area contributed by atoms with Crippen LogP contribution < -0.4 is 14.2 Å². The standard InChI is InChI=1S/C11H10F2O5/c1-3-16-10(14)6-4-5-7(15-2)9-8(6)17-11(12,13)18-9/h4-5H,3H2,1-2H3. The molecule has 7 heteroatoms. The number of carbonyl (C=O) groups excluding carboxylic acids is 1. The number of rotatable bonds is 3. The molecule has 0 bridgehead atoms. The Hall–Kier alpha value is -2.05. The van der Waals surface area contributed by atoms with Gasteiger partial charge in [-0.15, -0.1) is 8.78 Å². The van der Waals surface area contributed by atoms with Crippen molar-refractivity contribution in [2.24, 2.45) is 0 Å². The lowest BCUT2D eigenvalue weighted by Crippen LogP contribution is -2.26. The molecule has 1 aliphatic heterocycles. The lowest BCUT2D eigenvalue weighted by Gasteiger charge is -2.07. The minimum absolute atomic E-state index is 0.0511. The van der Waals surface area contributed by atoms with Crippen LogP contribution in [0.4, 0.5) is 8.78 Å². The molecule has 0 spiro atoms. The molecule has 0 radical (unpaired) electrons. The predicted molar refractivity (Wildman–Crippen MR) is 55.2 cm³/mol. The number of methoxy groups -OCH3 is 1. The Morgan fingerprint density at radius 1 is 1.33 bits per heavy atom.